The molecule has 0 fully saturated rings. The third kappa shape index (κ3) is 1.62. The Bertz CT molecular complexity index is 226. The number of hydrogen-bond donors (Lipinski definition) is 2. The van der Waals surface area contributed by atoms with Gasteiger partial charge in [0.05, 0.1) is 10.6 Å². The molecule has 0 unspecified atom stereocenters. The van der Waals surface area contributed by atoms with Gasteiger partial charge in [0.15, 0.2) is 0 Å². The molecule has 62 valence electrons. The highest BCUT2D eigenvalue weighted by Crippen LogP contribution is 2.17. The Labute approximate surface area is 68.1 Å². The molecular weight excluding hydrogens is 172 g/mol. The van der Waals surface area contributed by atoms with E-state index in [-0.39, 0.29) is 16.0 Å². The molecule has 0 atom stereocenters. The molecule has 1 aliphatic heterocycles. The van der Waals surface area contributed by atoms with Crippen LogP contribution in [0.2, 0.25) is 0 Å². The van der Waals surface area contributed by atoms with Crippen molar-refractivity contribution in [1.29, 1.82) is 0 Å². The molecular formula is C5H7F2N3S. The van der Waals surface area contributed by atoms with Gasteiger partial charge in [-0.25, -0.2) is 5.43 Å². The zero-order valence-corrected chi connectivity index (χ0v) is 6.70. The molecule has 1 N–H and O–H groups in total. The van der Waals surface area contributed by atoms with Gasteiger partial charge in [0.25, 0.3) is 0 Å². The number of hydrazone groups is 1. The van der Waals surface area contributed by atoms with Crippen LogP contribution < -0.4 is 5.43 Å². The predicted molar refractivity (Wildman–Crippen MR) is 40.9 cm³/mol. The monoisotopic (exact) mass is 179 g/mol. The normalized spacial score (nSPS) is 18.2. The lowest BCUT2D eigenvalue weighted by atomic mass is 10.3. The molecule has 0 radical (unpaired) electrons. The molecule has 0 bridgehead atoms. The summed E-state index contributed by atoms with van der Waals surface area (Å²) in [7, 11) is 0. The van der Waals surface area contributed by atoms with Gasteiger partial charge in [-0.2, -0.15) is 4.39 Å². The lowest BCUT2D eigenvalue weighted by Gasteiger charge is -2.17. The minimum Gasteiger partial charge on any atom is -0.226 e. The molecule has 0 aromatic heterocycles. The first-order valence-electron chi connectivity index (χ1n) is 3.04. The minimum absolute atomic E-state index is 0.0569. The zero-order chi connectivity index (χ0) is 8.43. The number of hydrazine groups is 1. The summed E-state index contributed by atoms with van der Waals surface area (Å²) in [5.74, 6) is -0.817. The molecule has 6 heteroatoms. The average Bonchev–Trinajstić information content (AvgIpc) is 1.96. The van der Waals surface area contributed by atoms with E-state index in [1.165, 1.54) is 0 Å². The molecule has 0 saturated carbocycles. The van der Waals surface area contributed by atoms with E-state index in [1.807, 2.05) is 0 Å². The number of halogens is 2. The van der Waals surface area contributed by atoms with Crippen molar-refractivity contribution in [2.45, 2.75) is 13.3 Å². The number of rotatable bonds is 1. The highest BCUT2D eigenvalue weighted by Gasteiger charge is 2.17. The molecule has 1 aliphatic rings. The fourth-order valence-corrected chi connectivity index (χ4v) is 0.930. The highest BCUT2D eigenvalue weighted by atomic mass is 32.1. The van der Waals surface area contributed by atoms with Crippen LogP contribution in [0.5, 0.6) is 0 Å². The Morgan fingerprint density at radius 2 is 2.36 bits per heavy atom. The fourth-order valence-electron chi connectivity index (χ4n) is 0.677. The van der Waals surface area contributed by atoms with Crippen molar-refractivity contribution in [2.75, 3.05) is 0 Å². The van der Waals surface area contributed by atoms with Gasteiger partial charge in [0.2, 0.25) is 5.95 Å². The Morgan fingerprint density at radius 1 is 1.73 bits per heavy atom. The molecule has 0 aromatic carbocycles. The molecule has 3 nitrogen and oxygen atoms in total. The molecule has 0 aliphatic carbocycles. The van der Waals surface area contributed by atoms with E-state index in [2.05, 4.69) is 17.7 Å². The van der Waals surface area contributed by atoms with Crippen molar-refractivity contribution < 1.29 is 8.87 Å². The largest absolute Gasteiger partial charge is 0.226 e. The lowest BCUT2D eigenvalue weighted by molar-refractivity contribution is -0.0280. The quantitative estimate of drug-likeness (QED) is 0.363. The van der Waals surface area contributed by atoms with Crippen molar-refractivity contribution >= 4 is 18.3 Å². The van der Waals surface area contributed by atoms with Gasteiger partial charge < -0.3 is 0 Å². The van der Waals surface area contributed by atoms with Gasteiger partial charge in [0, 0.05) is 0 Å². The van der Waals surface area contributed by atoms with Gasteiger partial charge in [-0.3, -0.25) is 0 Å². The van der Waals surface area contributed by atoms with E-state index in [9.17, 15) is 8.87 Å². The van der Waals surface area contributed by atoms with Gasteiger partial charge in [-0.05, 0) is 11.8 Å². The van der Waals surface area contributed by atoms with E-state index >= 15 is 0 Å². The third-order valence-corrected chi connectivity index (χ3v) is 1.67. The van der Waals surface area contributed by atoms with Gasteiger partial charge in [-0.15, -0.1) is 17.7 Å². The maximum atomic E-state index is 12.6. The average molecular weight is 179 g/mol. The summed E-state index contributed by atoms with van der Waals surface area (Å²) in [5, 5.41) is 3.16. The van der Waals surface area contributed by atoms with Crippen LogP contribution >= 0.6 is 12.6 Å². The summed E-state index contributed by atoms with van der Waals surface area (Å²) < 4.78 is 24.9. The first-order chi connectivity index (χ1) is 5.15. The molecule has 11 heavy (non-hydrogen) atoms. The number of hydrogen-bond acceptors (Lipinski definition) is 4. The topological polar surface area (TPSA) is 27.6 Å². The van der Waals surface area contributed by atoms with Gasteiger partial charge in [-0.1, -0.05) is 11.4 Å². The Morgan fingerprint density at radius 3 is 2.91 bits per heavy atom. The number of nitrogens with zero attached hydrogens (tertiary/aromatic N) is 2. The van der Waals surface area contributed by atoms with E-state index in [1.54, 1.807) is 12.3 Å². The van der Waals surface area contributed by atoms with Crippen LogP contribution in [0.15, 0.2) is 16.0 Å². The minimum atomic E-state index is -0.817. The van der Waals surface area contributed by atoms with Crippen LogP contribution in [0.4, 0.5) is 8.87 Å². The highest BCUT2D eigenvalue weighted by molar-refractivity contribution is 7.85. The van der Waals surface area contributed by atoms with Crippen molar-refractivity contribution in [3.05, 3.63) is 10.9 Å². The van der Waals surface area contributed by atoms with Crippen LogP contribution in [0.3, 0.4) is 0 Å². The van der Waals surface area contributed by atoms with E-state index in [0.717, 1.165) is 0 Å². The van der Waals surface area contributed by atoms with Gasteiger partial charge in [0.1, 0.15) is 0 Å². The fraction of sp³-hybridized carbons (Fsp3) is 0.400. The van der Waals surface area contributed by atoms with Crippen LogP contribution in [0, 0.1) is 0 Å². The lowest BCUT2D eigenvalue weighted by Crippen LogP contribution is -2.30. The second kappa shape index (κ2) is 3.08. The van der Waals surface area contributed by atoms with E-state index < -0.39 is 5.95 Å². The standard InChI is InChI=1S/C5H7F2N3S/c1-2-3-4(11)5(6)9-10(7)8-3/h9,11H,2H2,1H3. The summed E-state index contributed by atoms with van der Waals surface area (Å²) in [6.07, 6.45) is 0.439. The third-order valence-electron chi connectivity index (χ3n) is 1.22. The number of allylic oxidation sites excluding steroid dienone is 1. The van der Waals surface area contributed by atoms with Crippen LogP contribution in [-0.4, -0.2) is 11.1 Å². The molecule has 0 saturated heterocycles. The maximum absolute atomic E-state index is 12.6. The molecule has 0 spiro atoms. The Balaban J connectivity index is 2.90. The van der Waals surface area contributed by atoms with Crippen molar-refractivity contribution in [3.63, 3.8) is 0 Å². The summed E-state index contributed by atoms with van der Waals surface area (Å²) in [5.41, 5.74) is 1.99. The molecule has 1 heterocycles. The Kier molecular flexibility index (Phi) is 2.33. The first-order valence-corrected chi connectivity index (χ1v) is 3.49. The van der Waals surface area contributed by atoms with Crippen molar-refractivity contribution in [3.8, 4) is 0 Å². The molecule has 0 aromatic rings. The predicted octanol–water partition coefficient (Wildman–Crippen LogP) is 1.53. The molecule has 1 rings (SSSR count). The summed E-state index contributed by atoms with van der Waals surface area (Å²) >= 11 is 3.79. The van der Waals surface area contributed by atoms with Crippen LogP contribution in [0.25, 0.3) is 0 Å². The zero-order valence-electron chi connectivity index (χ0n) is 5.80. The van der Waals surface area contributed by atoms with E-state index in [4.69, 9.17) is 0 Å². The smallest absolute Gasteiger partial charge is 0.224 e. The number of nitrogens with one attached hydrogen (secondary N) is 1. The van der Waals surface area contributed by atoms with Crippen LogP contribution in [-0.2, 0) is 0 Å². The Hall–Kier alpha value is -0.780. The van der Waals surface area contributed by atoms with E-state index in [0.29, 0.717) is 6.42 Å². The van der Waals surface area contributed by atoms with Gasteiger partial charge >= 0.3 is 0 Å². The first kappa shape index (κ1) is 8.32. The molecule has 0 amide bonds. The van der Waals surface area contributed by atoms with Crippen LogP contribution in [0.1, 0.15) is 13.3 Å². The van der Waals surface area contributed by atoms with Crippen molar-refractivity contribution in [1.82, 2.24) is 10.8 Å². The summed E-state index contributed by atoms with van der Waals surface area (Å²) in [6.45, 7) is 1.74. The maximum Gasteiger partial charge on any atom is 0.224 e. The summed E-state index contributed by atoms with van der Waals surface area (Å²) in [6, 6.07) is 0. The number of thiol groups is 1. The van der Waals surface area contributed by atoms with Crippen molar-refractivity contribution in [2.24, 2.45) is 5.10 Å². The SMILES string of the molecule is CCC1=NN(F)NC(F)=C1S. The second-order valence-corrected chi connectivity index (χ2v) is 2.38. The second-order valence-electron chi connectivity index (χ2n) is 1.93. The summed E-state index contributed by atoms with van der Waals surface area (Å²) in [4.78, 5) is 0.0569.